The van der Waals surface area contributed by atoms with E-state index in [9.17, 15) is 0 Å². The van der Waals surface area contributed by atoms with E-state index in [-0.39, 0.29) is 0 Å². The van der Waals surface area contributed by atoms with Crippen LogP contribution in [0.25, 0.3) is 0 Å². The first kappa shape index (κ1) is 11.9. The van der Waals surface area contributed by atoms with Crippen molar-refractivity contribution in [2.75, 3.05) is 13.1 Å². The van der Waals surface area contributed by atoms with Gasteiger partial charge in [-0.3, -0.25) is 4.99 Å². The molecule has 0 atom stereocenters. The van der Waals surface area contributed by atoms with Crippen molar-refractivity contribution >= 4 is 23.8 Å². The molecule has 0 spiro atoms. The lowest BCUT2D eigenvalue weighted by Gasteiger charge is -2.12. The number of rotatable bonds is 2. The summed E-state index contributed by atoms with van der Waals surface area (Å²) in [5, 5.41) is 7.96. The van der Waals surface area contributed by atoms with Crippen molar-refractivity contribution in [2.45, 2.75) is 13.3 Å². The summed E-state index contributed by atoms with van der Waals surface area (Å²) in [6.45, 7) is 3.78. The van der Waals surface area contributed by atoms with Crippen molar-refractivity contribution in [1.29, 1.82) is 0 Å². The first-order chi connectivity index (χ1) is 8.27. The number of hydrogen-bond acceptors (Lipinski definition) is 4. The first-order valence-corrected chi connectivity index (χ1v) is 5.97. The summed E-state index contributed by atoms with van der Waals surface area (Å²) in [5.74, 6) is 0.720. The fraction of sp³-hybridized carbons (Fsp3) is 0.333. The third-order valence-electron chi connectivity index (χ3n) is 2.53. The number of hydrogen-bond donors (Lipinski definition) is 2. The highest BCUT2D eigenvalue weighted by molar-refractivity contribution is 6.33. The SMILES string of the molecule is Cc1cccc(Cl)c1/C=N/NC1=NCCCN1. The van der Waals surface area contributed by atoms with Gasteiger partial charge in [0.15, 0.2) is 0 Å². The molecule has 90 valence electrons. The van der Waals surface area contributed by atoms with Crippen LogP contribution in [0, 0.1) is 6.92 Å². The number of halogens is 1. The Balaban J connectivity index is 2.03. The number of nitrogens with zero attached hydrogens (tertiary/aromatic N) is 2. The Morgan fingerprint density at radius 2 is 2.41 bits per heavy atom. The molecule has 0 fully saturated rings. The zero-order valence-electron chi connectivity index (χ0n) is 9.70. The third-order valence-corrected chi connectivity index (χ3v) is 2.86. The average Bonchev–Trinajstić information content (AvgIpc) is 2.34. The maximum Gasteiger partial charge on any atom is 0.212 e. The van der Waals surface area contributed by atoms with E-state index in [2.05, 4.69) is 20.8 Å². The van der Waals surface area contributed by atoms with Crippen LogP contribution in [0.1, 0.15) is 17.5 Å². The van der Waals surface area contributed by atoms with Crippen LogP contribution >= 0.6 is 11.6 Å². The van der Waals surface area contributed by atoms with Gasteiger partial charge in [-0.25, -0.2) is 5.43 Å². The molecule has 0 saturated carbocycles. The molecule has 1 aliphatic rings. The van der Waals surface area contributed by atoms with Crippen LogP contribution in [0.5, 0.6) is 0 Å². The molecular weight excluding hydrogens is 236 g/mol. The van der Waals surface area contributed by atoms with Crippen LogP contribution in [0.15, 0.2) is 28.3 Å². The molecule has 0 aliphatic carbocycles. The summed E-state index contributed by atoms with van der Waals surface area (Å²) < 4.78 is 0. The van der Waals surface area contributed by atoms with Gasteiger partial charge in [-0.1, -0.05) is 23.7 Å². The Labute approximate surface area is 106 Å². The largest absolute Gasteiger partial charge is 0.355 e. The molecule has 0 amide bonds. The summed E-state index contributed by atoms with van der Waals surface area (Å²) in [4.78, 5) is 4.25. The third kappa shape index (κ3) is 3.20. The molecule has 0 aromatic heterocycles. The molecule has 2 N–H and O–H groups in total. The molecule has 0 bridgehead atoms. The fourth-order valence-electron chi connectivity index (χ4n) is 1.57. The van der Waals surface area contributed by atoms with Crippen LogP contribution < -0.4 is 10.7 Å². The Morgan fingerprint density at radius 3 is 3.12 bits per heavy atom. The van der Waals surface area contributed by atoms with Crippen molar-refractivity contribution < 1.29 is 0 Å². The van der Waals surface area contributed by atoms with Gasteiger partial charge >= 0.3 is 0 Å². The van der Waals surface area contributed by atoms with E-state index in [1.165, 1.54) is 0 Å². The van der Waals surface area contributed by atoms with Gasteiger partial charge in [-0.15, -0.1) is 0 Å². The van der Waals surface area contributed by atoms with E-state index in [0.29, 0.717) is 5.02 Å². The predicted molar refractivity (Wildman–Crippen MR) is 71.8 cm³/mol. The lowest BCUT2D eigenvalue weighted by atomic mass is 10.1. The summed E-state index contributed by atoms with van der Waals surface area (Å²) in [5.41, 5.74) is 4.90. The van der Waals surface area contributed by atoms with Crippen molar-refractivity contribution in [3.8, 4) is 0 Å². The van der Waals surface area contributed by atoms with E-state index in [0.717, 1.165) is 36.6 Å². The van der Waals surface area contributed by atoms with Gasteiger partial charge in [0.1, 0.15) is 0 Å². The van der Waals surface area contributed by atoms with E-state index in [1.54, 1.807) is 6.21 Å². The Bertz CT molecular complexity index is 434. The molecule has 17 heavy (non-hydrogen) atoms. The van der Waals surface area contributed by atoms with Gasteiger partial charge in [0.05, 0.1) is 6.21 Å². The highest BCUT2D eigenvalue weighted by Gasteiger charge is 2.02. The minimum absolute atomic E-state index is 0.703. The highest BCUT2D eigenvalue weighted by atomic mass is 35.5. The number of nitrogens with one attached hydrogen (secondary N) is 2. The Hall–Kier alpha value is -1.55. The summed E-state index contributed by atoms with van der Waals surface area (Å²) in [7, 11) is 0. The van der Waals surface area contributed by atoms with Gasteiger partial charge in [0.2, 0.25) is 5.96 Å². The predicted octanol–water partition coefficient (Wildman–Crippen LogP) is 1.92. The van der Waals surface area contributed by atoms with E-state index in [1.807, 2.05) is 25.1 Å². The lowest BCUT2D eigenvalue weighted by molar-refractivity contribution is 0.712. The summed E-state index contributed by atoms with van der Waals surface area (Å²) in [6.07, 6.45) is 2.79. The summed E-state index contributed by atoms with van der Waals surface area (Å²) >= 11 is 6.09. The van der Waals surface area contributed by atoms with Crippen LogP contribution in [0.4, 0.5) is 0 Å². The van der Waals surface area contributed by atoms with Crippen LogP contribution in [-0.4, -0.2) is 25.3 Å². The molecule has 5 heteroatoms. The second kappa shape index (κ2) is 5.68. The smallest absolute Gasteiger partial charge is 0.212 e. The number of guanidine groups is 1. The number of benzene rings is 1. The molecule has 0 saturated heterocycles. The van der Waals surface area contributed by atoms with Crippen molar-refractivity contribution in [2.24, 2.45) is 10.1 Å². The molecule has 1 aliphatic heterocycles. The van der Waals surface area contributed by atoms with Gasteiger partial charge in [-0.05, 0) is 25.0 Å². The summed E-state index contributed by atoms with van der Waals surface area (Å²) in [6, 6.07) is 5.78. The molecule has 1 aromatic rings. The Kier molecular flexibility index (Phi) is 3.98. The van der Waals surface area contributed by atoms with E-state index < -0.39 is 0 Å². The monoisotopic (exact) mass is 250 g/mol. The van der Waals surface area contributed by atoms with Gasteiger partial charge in [0, 0.05) is 23.7 Å². The highest BCUT2D eigenvalue weighted by Crippen LogP contribution is 2.16. The maximum absolute atomic E-state index is 6.09. The van der Waals surface area contributed by atoms with Gasteiger partial charge in [0.25, 0.3) is 0 Å². The first-order valence-electron chi connectivity index (χ1n) is 5.60. The van der Waals surface area contributed by atoms with Crippen molar-refractivity contribution in [3.63, 3.8) is 0 Å². The molecule has 2 rings (SSSR count). The van der Waals surface area contributed by atoms with E-state index >= 15 is 0 Å². The molecular formula is C12H15ClN4. The minimum atomic E-state index is 0.703. The maximum atomic E-state index is 6.09. The van der Waals surface area contributed by atoms with E-state index in [4.69, 9.17) is 11.6 Å². The van der Waals surface area contributed by atoms with Gasteiger partial charge in [-0.2, -0.15) is 5.10 Å². The van der Waals surface area contributed by atoms with Crippen LogP contribution in [0.3, 0.4) is 0 Å². The fourth-order valence-corrected chi connectivity index (χ4v) is 1.84. The zero-order chi connectivity index (χ0) is 12.1. The lowest BCUT2D eigenvalue weighted by Crippen LogP contribution is -2.38. The molecule has 1 heterocycles. The zero-order valence-corrected chi connectivity index (χ0v) is 10.5. The second-order valence-corrected chi connectivity index (χ2v) is 4.26. The standard InChI is InChI=1S/C12H15ClN4/c1-9-4-2-5-11(13)10(9)8-16-17-12-14-6-3-7-15-12/h2,4-5,8H,3,6-7H2,1H3,(H2,14,15,17)/b16-8+. The minimum Gasteiger partial charge on any atom is -0.355 e. The molecule has 1 aromatic carbocycles. The number of hydrazone groups is 1. The average molecular weight is 251 g/mol. The molecule has 0 unspecified atom stereocenters. The number of aliphatic imine (C=N–C) groups is 1. The molecule has 4 nitrogen and oxygen atoms in total. The van der Waals surface area contributed by atoms with Crippen molar-refractivity contribution in [3.05, 3.63) is 34.3 Å². The quantitative estimate of drug-likeness (QED) is 0.622. The topological polar surface area (TPSA) is 48.8 Å². The number of aryl methyl sites for hydroxylation is 1. The van der Waals surface area contributed by atoms with Crippen LogP contribution in [0.2, 0.25) is 5.02 Å². The Morgan fingerprint density at radius 1 is 1.53 bits per heavy atom. The normalized spacial score (nSPS) is 15.5. The second-order valence-electron chi connectivity index (χ2n) is 3.85. The van der Waals surface area contributed by atoms with Crippen LogP contribution in [-0.2, 0) is 0 Å². The van der Waals surface area contributed by atoms with Gasteiger partial charge < -0.3 is 5.32 Å². The van der Waals surface area contributed by atoms with Crippen molar-refractivity contribution in [1.82, 2.24) is 10.7 Å². The molecule has 0 radical (unpaired) electrons.